The molecule has 0 unspecified atom stereocenters. The molecule has 0 aliphatic carbocycles. The van der Waals surface area contributed by atoms with E-state index in [1.165, 1.54) is 16.6 Å². The lowest BCUT2D eigenvalue weighted by atomic mass is 10.2. The molecular weight excluding hydrogens is 392 g/mol. The molecule has 0 aliphatic rings. The molecule has 6 nitrogen and oxygen atoms in total. The molecule has 0 atom stereocenters. The number of rotatable bonds is 9. The lowest BCUT2D eigenvalue weighted by Gasteiger charge is -2.08. The Kier molecular flexibility index (Phi) is 7.11. The van der Waals surface area contributed by atoms with Crippen LogP contribution in [-0.2, 0) is 17.8 Å². The number of thiophene rings is 1. The molecule has 0 bridgehead atoms. The Balaban J connectivity index is 1.65. The number of methoxy groups -OCH3 is 1. The highest BCUT2D eigenvalue weighted by Gasteiger charge is 2.16. The van der Waals surface area contributed by atoms with E-state index >= 15 is 0 Å². The zero-order valence-electron chi connectivity index (χ0n) is 16.3. The summed E-state index contributed by atoms with van der Waals surface area (Å²) in [6, 6.07) is 9.50. The maximum atomic E-state index is 12.3. The van der Waals surface area contributed by atoms with Crippen LogP contribution in [0.3, 0.4) is 0 Å². The second-order valence-corrected chi connectivity index (χ2v) is 8.11. The first-order valence-corrected chi connectivity index (χ1v) is 11.1. The fraction of sp³-hybridized carbons (Fsp3) is 0.350. The van der Waals surface area contributed by atoms with Crippen molar-refractivity contribution < 1.29 is 9.53 Å². The van der Waals surface area contributed by atoms with E-state index in [1.54, 1.807) is 24.5 Å². The van der Waals surface area contributed by atoms with Gasteiger partial charge in [-0.3, -0.25) is 4.79 Å². The van der Waals surface area contributed by atoms with Crippen molar-refractivity contribution in [2.45, 2.75) is 38.4 Å². The van der Waals surface area contributed by atoms with Gasteiger partial charge in [0.15, 0.2) is 11.0 Å². The summed E-state index contributed by atoms with van der Waals surface area (Å²) in [5.41, 5.74) is 1.81. The van der Waals surface area contributed by atoms with E-state index in [1.807, 2.05) is 18.2 Å². The molecule has 0 saturated carbocycles. The van der Waals surface area contributed by atoms with Crippen molar-refractivity contribution in [3.8, 4) is 17.1 Å². The average molecular weight is 417 g/mol. The lowest BCUT2D eigenvalue weighted by Crippen LogP contribution is -2.14. The molecule has 1 amide bonds. The number of nitrogens with zero attached hydrogens (tertiary/aromatic N) is 3. The number of hydrogen-bond donors (Lipinski definition) is 1. The molecule has 0 spiro atoms. The number of nitrogens with one attached hydrogen (secondary N) is 1. The summed E-state index contributed by atoms with van der Waals surface area (Å²) in [7, 11) is 1.60. The third kappa shape index (κ3) is 4.94. The second kappa shape index (κ2) is 9.75. The molecule has 8 heteroatoms. The lowest BCUT2D eigenvalue weighted by molar-refractivity contribution is -0.113. The van der Waals surface area contributed by atoms with Gasteiger partial charge in [0.25, 0.3) is 0 Å². The van der Waals surface area contributed by atoms with Crippen molar-refractivity contribution in [2.24, 2.45) is 0 Å². The molecule has 28 heavy (non-hydrogen) atoms. The Morgan fingerprint density at radius 1 is 1.29 bits per heavy atom. The van der Waals surface area contributed by atoms with Crippen molar-refractivity contribution in [2.75, 3.05) is 18.2 Å². The Hall–Kier alpha value is -2.32. The highest BCUT2D eigenvalue weighted by atomic mass is 32.2. The van der Waals surface area contributed by atoms with E-state index in [0.29, 0.717) is 11.4 Å². The number of ether oxygens (including phenoxy) is 1. The Bertz CT molecular complexity index is 936. The van der Waals surface area contributed by atoms with Crippen LogP contribution in [0.2, 0.25) is 0 Å². The minimum atomic E-state index is -0.0915. The maximum Gasteiger partial charge on any atom is 0.234 e. The smallest absolute Gasteiger partial charge is 0.234 e. The maximum absolute atomic E-state index is 12.3. The molecule has 2 aromatic heterocycles. The quantitative estimate of drug-likeness (QED) is 0.511. The zero-order chi connectivity index (χ0) is 19.9. The van der Waals surface area contributed by atoms with E-state index < -0.39 is 0 Å². The number of aromatic nitrogens is 3. The minimum absolute atomic E-state index is 0.0915. The van der Waals surface area contributed by atoms with Gasteiger partial charge in [-0.15, -0.1) is 21.5 Å². The SMILES string of the molecule is CCCc1cc(-c2nnc(SCC(=O)Nc3cccc(OC)c3)n2CC)cs1. The van der Waals surface area contributed by atoms with Crippen molar-refractivity contribution in [1.82, 2.24) is 14.8 Å². The first kappa shape index (κ1) is 20.4. The molecule has 148 valence electrons. The van der Waals surface area contributed by atoms with Gasteiger partial charge < -0.3 is 14.6 Å². The third-order valence-corrected chi connectivity index (χ3v) is 6.09. The average Bonchev–Trinajstić information content (AvgIpc) is 3.33. The van der Waals surface area contributed by atoms with Crippen molar-refractivity contribution in [3.63, 3.8) is 0 Å². The predicted molar refractivity (Wildman–Crippen MR) is 115 cm³/mol. The van der Waals surface area contributed by atoms with Gasteiger partial charge in [-0.2, -0.15) is 0 Å². The number of hydrogen-bond acceptors (Lipinski definition) is 6. The van der Waals surface area contributed by atoms with Crippen LogP contribution in [-0.4, -0.2) is 33.5 Å². The molecule has 0 radical (unpaired) electrons. The van der Waals surface area contributed by atoms with E-state index in [9.17, 15) is 4.79 Å². The number of benzene rings is 1. The van der Waals surface area contributed by atoms with Gasteiger partial charge in [0, 0.05) is 34.1 Å². The fourth-order valence-corrected chi connectivity index (χ4v) is 4.57. The van der Waals surface area contributed by atoms with Crippen LogP contribution in [0.5, 0.6) is 5.75 Å². The van der Waals surface area contributed by atoms with E-state index in [-0.39, 0.29) is 11.7 Å². The third-order valence-electron chi connectivity index (χ3n) is 4.13. The Morgan fingerprint density at radius 2 is 2.14 bits per heavy atom. The van der Waals surface area contributed by atoms with Crippen molar-refractivity contribution in [1.29, 1.82) is 0 Å². The van der Waals surface area contributed by atoms with Gasteiger partial charge in [-0.25, -0.2) is 0 Å². The van der Waals surface area contributed by atoms with Crippen LogP contribution in [0.25, 0.3) is 11.4 Å². The van der Waals surface area contributed by atoms with Gasteiger partial charge in [-0.1, -0.05) is 31.2 Å². The standard InChI is InChI=1S/C20H24N4O2S2/c1-4-7-17-10-14(12-27-17)19-22-23-20(24(19)5-2)28-13-18(25)21-15-8-6-9-16(11-15)26-3/h6,8-12H,4-5,7,13H2,1-3H3,(H,21,25). The normalized spacial score (nSPS) is 10.8. The molecule has 0 fully saturated rings. The molecule has 3 aromatic rings. The largest absolute Gasteiger partial charge is 0.497 e. The first-order chi connectivity index (χ1) is 13.6. The van der Waals surface area contributed by atoms with Crippen LogP contribution in [0, 0.1) is 0 Å². The number of thioether (sulfide) groups is 1. The van der Waals surface area contributed by atoms with Crippen LogP contribution < -0.4 is 10.1 Å². The Labute approximate surface area is 173 Å². The molecule has 0 aliphatic heterocycles. The summed E-state index contributed by atoms with van der Waals surface area (Å²) in [4.78, 5) is 13.7. The van der Waals surface area contributed by atoms with Gasteiger partial charge >= 0.3 is 0 Å². The summed E-state index contributed by atoms with van der Waals surface area (Å²) in [6.45, 7) is 4.99. The van der Waals surface area contributed by atoms with Crippen LogP contribution >= 0.6 is 23.1 Å². The summed E-state index contributed by atoms with van der Waals surface area (Å²) in [6.07, 6.45) is 2.21. The summed E-state index contributed by atoms with van der Waals surface area (Å²) >= 11 is 3.15. The fourth-order valence-electron chi connectivity index (χ4n) is 2.80. The molecule has 1 N–H and O–H groups in total. The molecular formula is C20H24N4O2S2. The van der Waals surface area contributed by atoms with E-state index in [0.717, 1.165) is 35.9 Å². The first-order valence-electron chi connectivity index (χ1n) is 9.22. The summed E-state index contributed by atoms with van der Waals surface area (Å²) in [5, 5.41) is 14.4. The highest BCUT2D eigenvalue weighted by molar-refractivity contribution is 7.99. The predicted octanol–water partition coefficient (Wildman–Crippen LogP) is 4.72. The van der Waals surface area contributed by atoms with Crippen LogP contribution in [0.4, 0.5) is 5.69 Å². The zero-order valence-corrected chi connectivity index (χ0v) is 17.9. The number of aryl methyl sites for hydroxylation is 1. The van der Waals surface area contributed by atoms with Gasteiger partial charge in [0.1, 0.15) is 5.75 Å². The second-order valence-electron chi connectivity index (χ2n) is 6.17. The highest BCUT2D eigenvalue weighted by Crippen LogP contribution is 2.28. The minimum Gasteiger partial charge on any atom is -0.497 e. The topological polar surface area (TPSA) is 69.0 Å². The summed E-state index contributed by atoms with van der Waals surface area (Å²) < 4.78 is 7.24. The van der Waals surface area contributed by atoms with E-state index in [2.05, 4.69) is 45.4 Å². The van der Waals surface area contributed by atoms with Crippen molar-refractivity contribution >= 4 is 34.7 Å². The number of anilines is 1. The van der Waals surface area contributed by atoms with E-state index in [4.69, 9.17) is 4.74 Å². The number of amides is 1. The van der Waals surface area contributed by atoms with Crippen LogP contribution in [0.15, 0.2) is 40.9 Å². The molecule has 0 saturated heterocycles. The summed E-state index contributed by atoms with van der Waals surface area (Å²) in [5.74, 6) is 1.74. The molecule has 3 rings (SSSR count). The Morgan fingerprint density at radius 3 is 2.89 bits per heavy atom. The van der Waals surface area contributed by atoms with Gasteiger partial charge in [-0.05, 0) is 31.5 Å². The monoisotopic (exact) mass is 416 g/mol. The molecule has 2 heterocycles. The molecule has 1 aromatic carbocycles. The van der Waals surface area contributed by atoms with Crippen molar-refractivity contribution in [3.05, 3.63) is 40.6 Å². The van der Waals surface area contributed by atoms with Gasteiger partial charge in [0.05, 0.1) is 12.9 Å². The van der Waals surface area contributed by atoms with Crippen LogP contribution in [0.1, 0.15) is 25.1 Å². The van der Waals surface area contributed by atoms with Gasteiger partial charge in [0.2, 0.25) is 5.91 Å². The number of carbonyl (C=O) groups is 1. The number of carbonyl (C=O) groups excluding carboxylic acids is 1.